The van der Waals surface area contributed by atoms with E-state index in [0.29, 0.717) is 21.9 Å². The van der Waals surface area contributed by atoms with Gasteiger partial charge in [0.25, 0.3) is 0 Å². The minimum absolute atomic E-state index is 0.329. The number of anilines is 2. The Labute approximate surface area is 104 Å². The van der Waals surface area contributed by atoms with Gasteiger partial charge in [0, 0.05) is 11.8 Å². The fourth-order valence-corrected chi connectivity index (χ4v) is 3.09. The molecular formula is C10H15ClN4S. The van der Waals surface area contributed by atoms with E-state index in [1.54, 1.807) is 0 Å². The normalized spacial score (nSPS) is 20.7. The van der Waals surface area contributed by atoms with Gasteiger partial charge in [-0.15, -0.1) is 0 Å². The summed E-state index contributed by atoms with van der Waals surface area (Å²) in [5.41, 5.74) is 5.60. The second kappa shape index (κ2) is 5.59. The first-order valence-corrected chi connectivity index (χ1v) is 6.81. The van der Waals surface area contributed by atoms with Gasteiger partial charge in [-0.3, -0.25) is 0 Å². The van der Waals surface area contributed by atoms with Crippen molar-refractivity contribution in [1.82, 2.24) is 9.97 Å². The molecule has 1 saturated heterocycles. The van der Waals surface area contributed by atoms with Crippen LogP contribution in [0.25, 0.3) is 0 Å². The molecule has 0 amide bonds. The number of nitrogens with zero attached hydrogens (tertiary/aromatic N) is 2. The van der Waals surface area contributed by atoms with Crippen LogP contribution in [-0.2, 0) is 0 Å². The quantitative estimate of drug-likeness (QED) is 0.872. The average Bonchev–Trinajstić information content (AvgIpc) is 2.32. The number of nitrogens with one attached hydrogen (secondary N) is 1. The smallest absolute Gasteiger partial charge is 0.150 e. The highest BCUT2D eigenvalue weighted by Gasteiger charge is 2.14. The summed E-state index contributed by atoms with van der Waals surface area (Å²) >= 11 is 8.00. The van der Waals surface area contributed by atoms with E-state index >= 15 is 0 Å². The van der Waals surface area contributed by atoms with Crippen molar-refractivity contribution < 1.29 is 0 Å². The highest BCUT2D eigenvalue weighted by Crippen LogP contribution is 2.27. The topological polar surface area (TPSA) is 63.8 Å². The predicted octanol–water partition coefficient (Wildman–Crippen LogP) is 2.41. The number of nitrogens with two attached hydrogens (primary N) is 1. The molecule has 1 aromatic heterocycles. The number of halogens is 1. The molecule has 1 aliphatic rings. The molecule has 0 radical (unpaired) electrons. The number of aromatic nitrogens is 2. The standard InChI is InChI=1S/C10H15ClN4S/c11-8-9(12)14-6-15-10(8)13-5-7-3-1-2-4-16-7/h6-7H,1-5H2,(H3,12,13,14,15)/t7-/m0/s1. The molecule has 88 valence electrons. The molecule has 1 aromatic rings. The summed E-state index contributed by atoms with van der Waals surface area (Å²) in [6, 6.07) is 0. The Morgan fingerprint density at radius 1 is 1.50 bits per heavy atom. The van der Waals surface area contributed by atoms with Crippen molar-refractivity contribution in [3.05, 3.63) is 11.3 Å². The van der Waals surface area contributed by atoms with Crippen molar-refractivity contribution in [2.24, 2.45) is 0 Å². The van der Waals surface area contributed by atoms with Gasteiger partial charge in [0.05, 0.1) is 0 Å². The van der Waals surface area contributed by atoms with E-state index < -0.39 is 0 Å². The van der Waals surface area contributed by atoms with Crippen molar-refractivity contribution in [3.8, 4) is 0 Å². The van der Waals surface area contributed by atoms with Crippen LogP contribution in [0, 0.1) is 0 Å². The fraction of sp³-hybridized carbons (Fsp3) is 0.600. The maximum absolute atomic E-state index is 5.99. The summed E-state index contributed by atoms with van der Waals surface area (Å²) in [5.74, 6) is 2.22. The minimum Gasteiger partial charge on any atom is -0.382 e. The molecule has 1 fully saturated rings. The Bertz CT molecular complexity index is 355. The van der Waals surface area contributed by atoms with Crippen molar-refractivity contribution in [2.45, 2.75) is 24.5 Å². The van der Waals surface area contributed by atoms with Crippen molar-refractivity contribution in [3.63, 3.8) is 0 Å². The van der Waals surface area contributed by atoms with Crippen LogP contribution in [0.1, 0.15) is 19.3 Å². The van der Waals surface area contributed by atoms with Gasteiger partial charge in [0.2, 0.25) is 0 Å². The summed E-state index contributed by atoms with van der Waals surface area (Å²) in [6.07, 6.45) is 5.34. The highest BCUT2D eigenvalue weighted by atomic mass is 35.5. The third kappa shape index (κ3) is 2.92. The van der Waals surface area contributed by atoms with E-state index in [-0.39, 0.29) is 0 Å². The SMILES string of the molecule is Nc1ncnc(NC[C@@H]2CCCCS2)c1Cl. The molecule has 0 spiro atoms. The number of rotatable bonds is 3. The summed E-state index contributed by atoms with van der Waals surface area (Å²) < 4.78 is 0. The highest BCUT2D eigenvalue weighted by molar-refractivity contribution is 7.99. The molecule has 0 aromatic carbocycles. The van der Waals surface area contributed by atoms with Gasteiger partial charge in [-0.05, 0) is 18.6 Å². The second-order valence-corrected chi connectivity index (χ2v) is 5.58. The Morgan fingerprint density at radius 3 is 3.12 bits per heavy atom. The third-order valence-electron chi connectivity index (χ3n) is 2.59. The van der Waals surface area contributed by atoms with Crippen LogP contribution < -0.4 is 11.1 Å². The summed E-state index contributed by atoms with van der Waals surface area (Å²) in [5, 5.41) is 4.31. The van der Waals surface area contributed by atoms with E-state index in [2.05, 4.69) is 15.3 Å². The summed E-state index contributed by atoms with van der Waals surface area (Å²) in [7, 11) is 0. The number of thioether (sulfide) groups is 1. The molecule has 16 heavy (non-hydrogen) atoms. The van der Waals surface area contributed by atoms with Gasteiger partial charge < -0.3 is 11.1 Å². The fourth-order valence-electron chi connectivity index (χ4n) is 1.69. The maximum atomic E-state index is 5.99. The Morgan fingerprint density at radius 2 is 2.38 bits per heavy atom. The van der Waals surface area contributed by atoms with Crippen molar-refractivity contribution in [2.75, 3.05) is 23.3 Å². The van der Waals surface area contributed by atoms with Gasteiger partial charge in [-0.25, -0.2) is 9.97 Å². The molecule has 0 bridgehead atoms. The van der Waals surface area contributed by atoms with Crippen LogP contribution in [0.5, 0.6) is 0 Å². The van der Waals surface area contributed by atoms with E-state index in [0.717, 1.165) is 6.54 Å². The first-order chi connectivity index (χ1) is 7.77. The van der Waals surface area contributed by atoms with Crippen LogP contribution in [0.3, 0.4) is 0 Å². The van der Waals surface area contributed by atoms with Gasteiger partial charge in [0.1, 0.15) is 23.0 Å². The molecular weight excluding hydrogens is 244 g/mol. The van der Waals surface area contributed by atoms with Crippen LogP contribution >= 0.6 is 23.4 Å². The Hall–Kier alpha value is -0.680. The lowest BCUT2D eigenvalue weighted by Gasteiger charge is -2.21. The lowest BCUT2D eigenvalue weighted by Crippen LogP contribution is -2.20. The lowest BCUT2D eigenvalue weighted by atomic mass is 10.2. The third-order valence-corrected chi connectivity index (χ3v) is 4.36. The summed E-state index contributed by atoms with van der Waals surface area (Å²) in [4.78, 5) is 7.90. The van der Waals surface area contributed by atoms with Gasteiger partial charge in [-0.1, -0.05) is 18.0 Å². The predicted molar refractivity (Wildman–Crippen MR) is 70.0 cm³/mol. The molecule has 2 heterocycles. The molecule has 4 nitrogen and oxygen atoms in total. The zero-order valence-electron chi connectivity index (χ0n) is 8.95. The van der Waals surface area contributed by atoms with Gasteiger partial charge >= 0.3 is 0 Å². The number of nitrogen functional groups attached to an aromatic ring is 1. The molecule has 3 N–H and O–H groups in total. The number of hydrogen-bond acceptors (Lipinski definition) is 5. The molecule has 1 atom stereocenters. The average molecular weight is 259 g/mol. The van der Waals surface area contributed by atoms with Crippen LogP contribution in [0.4, 0.5) is 11.6 Å². The number of hydrogen-bond donors (Lipinski definition) is 2. The molecule has 0 saturated carbocycles. The largest absolute Gasteiger partial charge is 0.382 e. The van der Waals surface area contributed by atoms with Crippen LogP contribution in [0.15, 0.2) is 6.33 Å². The monoisotopic (exact) mass is 258 g/mol. The lowest BCUT2D eigenvalue weighted by molar-refractivity contribution is 0.677. The molecule has 2 rings (SSSR count). The van der Waals surface area contributed by atoms with Gasteiger partial charge in [-0.2, -0.15) is 11.8 Å². The van der Waals surface area contributed by atoms with E-state index in [1.807, 2.05) is 11.8 Å². The minimum atomic E-state index is 0.329. The molecule has 0 unspecified atom stereocenters. The Balaban J connectivity index is 1.91. The van der Waals surface area contributed by atoms with E-state index in [9.17, 15) is 0 Å². The van der Waals surface area contributed by atoms with E-state index in [1.165, 1.54) is 31.3 Å². The van der Waals surface area contributed by atoms with E-state index in [4.69, 9.17) is 17.3 Å². The zero-order chi connectivity index (χ0) is 11.4. The Kier molecular flexibility index (Phi) is 4.12. The summed E-state index contributed by atoms with van der Waals surface area (Å²) in [6.45, 7) is 0.890. The maximum Gasteiger partial charge on any atom is 0.150 e. The first kappa shape index (κ1) is 11.8. The zero-order valence-corrected chi connectivity index (χ0v) is 10.5. The van der Waals surface area contributed by atoms with Crippen molar-refractivity contribution in [1.29, 1.82) is 0 Å². The van der Waals surface area contributed by atoms with Crippen LogP contribution in [0.2, 0.25) is 5.02 Å². The molecule has 0 aliphatic carbocycles. The van der Waals surface area contributed by atoms with Gasteiger partial charge in [0.15, 0.2) is 0 Å². The molecule has 1 aliphatic heterocycles. The second-order valence-electron chi connectivity index (χ2n) is 3.79. The van der Waals surface area contributed by atoms with Crippen LogP contribution in [-0.4, -0.2) is 27.5 Å². The van der Waals surface area contributed by atoms with Crippen molar-refractivity contribution >= 4 is 35.0 Å². The molecule has 6 heteroatoms. The first-order valence-electron chi connectivity index (χ1n) is 5.39.